The Kier molecular flexibility index (Phi) is 4.73. The van der Waals surface area contributed by atoms with E-state index in [-0.39, 0.29) is 12.1 Å². The second-order valence-corrected chi connectivity index (χ2v) is 6.43. The summed E-state index contributed by atoms with van der Waals surface area (Å²) in [6.45, 7) is -0.384. The molecule has 7 heteroatoms. The van der Waals surface area contributed by atoms with Gasteiger partial charge in [-0.05, 0) is 48.2 Å². The summed E-state index contributed by atoms with van der Waals surface area (Å²) in [5.41, 5.74) is -1.76. The number of rotatable bonds is 4. The molecule has 1 N–H and O–H groups in total. The van der Waals surface area contributed by atoms with Gasteiger partial charge in [0, 0.05) is 6.54 Å². The number of alkyl halides is 3. The number of carbonyl (C=O) groups is 1. The van der Waals surface area contributed by atoms with Crippen molar-refractivity contribution >= 4 is 5.91 Å². The highest BCUT2D eigenvalue weighted by Gasteiger charge is 2.45. The normalized spacial score (nSPS) is 16.0. The monoisotopic (exact) mass is 369 g/mol. The molecule has 0 atom stereocenters. The standard InChI is InChI=1S/C19H16F5NO/c20-14-4-1-3-13(9-14)18(7-2-8-18)17(26)25-11-12-5-6-15(21)10-16(12)19(22,23)24/h1,3-6,9-10H,2,7-8,11H2,(H,25,26). The van der Waals surface area contributed by atoms with Crippen molar-refractivity contribution < 1.29 is 26.7 Å². The van der Waals surface area contributed by atoms with Crippen molar-refractivity contribution in [3.8, 4) is 0 Å². The number of halogens is 5. The molecule has 1 aliphatic carbocycles. The number of amides is 1. The van der Waals surface area contributed by atoms with Crippen LogP contribution in [-0.2, 0) is 22.9 Å². The topological polar surface area (TPSA) is 29.1 Å². The van der Waals surface area contributed by atoms with Gasteiger partial charge < -0.3 is 5.32 Å². The molecule has 0 aliphatic heterocycles. The van der Waals surface area contributed by atoms with Gasteiger partial charge in [-0.3, -0.25) is 4.79 Å². The van der Waals surface area contributed by atoms with Crippen LogP contribution < -0.4 is 5.32 Å². The third-order valence-electron chi connectivity index (χ3n) is 4.84. The average molecular weight is 369 g/mol. The van der Waals surface area contributed by atoms with Gasteiger partial charge in [0.05, 0.1) is 11.0 Å². The summed E-state index contributed by atoms with van der Waals surface area (Å²) in [6.07, 6.45) is -2.96. The van der Waals surface area contributed by atoms with Crippen LogP contribution in [0.25, 0.3) is 0 Å². The summed E-state index contributed by atoms with van der Waals surface area (Å²) < 4.78 is 65.8. The van der Waals surface area contributed by atoms with E-state index in [0.29, 0.717) is 24.5 Å². The van der Waals surface area contributed by atoms with Crippen LogP contribution in [0.15, 0.2) is 42.5 Å². The predicted molar refractivity (Wildman–Crippen MR) is 85.2 cm³/mol. The van der Waals surface area contributed by atoms with E-state index in [4.69, 9.17) is 0 Å². The Balaban J connectivity index is 1.81. The second kappa shape index (κ2) is 6.70. The molecular formula is C19H16F5NO. The van der Waals surface area contributed by atoms with Gasteiger partial charge in [0.1, 0.15) is 11.6 Å². The Morgan fingerprint density at radius 3 is 2.31 bits per heavy atom. The molecule has 26 heavy (non-hydrogen) atoms. The van der Waals surface area contributed by atoms with Crippen LogP contribution in [0.3, 0.4) is 0 Å². The predicted octanol–water partition coefficient (Wildman–Crippen LogP) is 4.72. The summed E-state index contributed by atoms with van der Waals surface area (Å²) in [6, 6.07) is 8.02. The Bertz CT molecular complexity index is 827. The molecule has 0 saturated heterocycles. The fourth-order valence-electron chi connectivity index (χ4n) is 3.27. The minimum Gasteiger partial charge on any atom is -0.351 e. The molecule has 0 heterocycles. The van der Waals surface area contributed by atoms with Crippen molar-refractivity contribution in [3.05, 3.63) is 70.8 Å². The SMILES string of the molecule is O=C(NCc1ccc(F)cc1C(F)(F)F)C1(c2cccc(F)c2)CCC1. The van der Waals surface area contributed by atoms with Gasteiger partial charge in [0.2, 0.25) is 5.91 Å². The molecule has 0 unspecified atom stereocenters. The van der Waals surface area contributed by atoms with Crippen LogP contribution in [0.1, 0.15) is 36.0 Å². The summed E-state index contributed by atoms with van der Waals surface area (Å²) >= 11 is 0. The van der Waals surface area contributed by atoms with E-state index in [1.54, 1.807) is 6.07 Å². The molecular weight excluding hydrogens is 353 g/mol. The lowest BCUT2D eigenvalue weighted by atomic mass is 9.63. The summed E-state index contributed by atoms with van der Waals surface area (Å²) in [7, 11) is 0. The van der Waals surface area contributed by atoms with Crippen LogP contribution in [0.5, 0.6) is 0 Å². The van der Waals surface area contributed by atoms with Gasteiger partial charge in [-0.1, -0.05) is 24.6 Å². The van der Waals surface area contributed by atoms with Crippen molar-refractivity contribution in [2.45, 2.75) is 37.4 Å². The van der Waals surface area contributed by atoms with E-state index in [1.807, 2.05) is 0 Å². The van der Waals surface area contributed by atoms with E-state index in [2.05, 4.69) is 5.32 Å². The van der Waals surface area contributed by atoms with E-state index in [1.165, 1.54) is 18.2 Å². The van der Waals surface area contributed by atoms with E-state index < -0.39 is 34.7 Å². The second-order valence-electron chi connectivity index (χ2n) is 6.43. The molecule has 1 aliphatic rings. The van der Waals surface area contributed by atoms with Crippen LogP contribution in [0, 0.1) is 11.6 Å². The molecule has 0 aromatic heterocycles. The van der Waals surface area contributed by atoms with Crippen LogP contribution in [0.2, 0.25) is 0 Å². The average Bonchev–Trinajstić information content (AvgIpc) is 2.52. The van der Waals surface area contributed by atoms with Crippen molar-refractivity contribution in [1.82, 2.24) is 5.32 Å². The van der Waals surface area contributed by atoms with Crippen molar-refractivity contribution in [2.24, 2.45) is 0 Å². The highest BCUT2D eigenvalue weighted by molar-refractivity contribution is 5.89. The van der Waals surface area contributed by atoms with Gasteiger partial charge in [-0.2, -0.15) is 13.2 Å². The minimum atomic E-state index is -4.72. The number of benzene rings is 2. The number of nitrogens with one attached hydrogen (secondary N) is 1. The molecule has 1 fully saturated rings. The van der Waals surface area contributed by atoms with E-state index >= 15 is 0 Å². The third kappa shape index (κ3) is 3.43. The Morgan fingerprint density at radius 2 is 1.73 bits per heavy atom. The molecule has 0 radical (unpaired) electrons. The first-order valence-corrected chi connectivity index (χ1v) is 8.12. The van der Waals surface area contributed by atoms with Crippen LogP contribution in [-0.4, -0.2) is 5.91 Å². The number of carbonyl (C=O) groups excluding carboxylic acids is 1. The first kappa shape index (κ1) is 18.4. The first-order chi connectivity index (χ1) is 12.2. The maximum absolute atomic E-state index is 13.5. The molecule has 138 valence electrons. The van der Waals surface area contributed by atoms with E-state index in [9.17, 15) is 26.7 Å². The summed E-state index contributed by atoms with van der Waals surface area (Å²) in [5.74, 6) is -1.92. The quantitative estimate of drug-likeness (QED) is 0.777. The molecule has 0 spiro atoms. The van der Waals surface area contributed by atoms with Gasteiger partial charge in [0.25, 0.3) is 0 Å². The molecule has 1 saturated carbocycles. The van der Waals surface area contributed by atoms with Crippen LogP contribution >= 0.6 is 0 Å². The van der Waals surface area contributed by atoms with Crippen molar-refractivity contribution in [3.63, 3.8) is 0 Å². The Labute approximate surface area is 147 Å². The third-order valence-corrected chi connectivity index (χ3v) is 4.84. The fraction of sp³-hybridized carbons (Fsp3) is 0.316. The molecule has 2 nitrogen and oxygen atoms in total. The molecule has 0 bridgehead atoms. The summed E-state index contributed by atoms with van der Waals surface area (Å²) in [5, 5.41) is 2.51. The summed E-state index contributed by atoms with van der Waals surface area (Å²) in [4.78, 5) is 12.7. The fourth-order valence-corrected chi connectivity index (χ4v) is 3.27. The Hall–Kier alpha value is -2.44. The van der Waals surface area contributed by atoms with Crippen LogP contribution in [0.4, 0.5) is 22.0 Å². The van der Waals surface area contributed by atoms with Gasteiger partial charge >= 0.3 is 6.18 Å². The lowest BCUT2D eigenvalue weighted by Gasteiger charge is -2.40. The zero-order valence-electron chi connectivity index (χ0n) is 13.7. The highest BCUT2D eigenvalue weighted by atomic mass is 19.4. The maximum atomic E-state index is 13.5. The minimum absolute atomic E-state index is 0.221. The van der Waals surface area contributed by atoms with Crippen molar-refractivity contribution in [1.29, 1.82) is 0 Å². The smallest absolute Gasteiger partial charge is 0.351 e. The van der Waals surface area contributed by atoms with Gasteiger partial charge in [-0.25, -0.2) is 8.78 Å². The largest absolute Gasteiger partial charge is 0.416 e. The van der Waals surface area contributed by atoms with E-state index in [0.717, 1.165) is 18.6 Å². The highest BCUT2D eigenvalue weighted by Crippen LogP contribution is 2.44. The molecule has 3 rings (SSSR count). The van der Waals surface area contributed by atoms with Gasteiger partial charge in [0.15, 0.2) is 0 Å². The van der Waals surface area contributed by atoms with Crippen molar-refractivity contribution in [2.75, 3.05) is 0 Å². The maximum Gasteiger partial charge on any atom is 0.416 e. The zero-order valence-corrected chi connectivity index (χ0v) is 13.7. The molecule has 2 aromatic rings. The lowest BCUT2D eigenvalue weighted by Crippen LogP contribution is -2.49. The Morgan fingerprint density at radius 1 is 1.04 bits per heavy atom. The molecule has 1 amide bonds. The molecule has 2 aromatic carbocycles. The zero-order chi connectivity index (χ0) is 18.9. The van der Waals surface area contributed by atoms with Gasteiger partial charge in [-0.15, -0.1) is 0 Å². The number of hydrogen-bond donors (Lipinski definition) is 1. The first-order valence-electron chi connectivity index (χ1n) is 8.12. The number of hydrogen-bond acceptors (Lipinski definition) is 1. The lowest BCUT2D eigenvalue weighted by molar-refractivity contribution is -0.139.